The van der Waals surface area contributed by atoms with Crippen LogP contribution in [0.25, 0.3) is 0 Å². The maximum atomic E-state index is 12.6. The van der Waals surface area contributed by atoms with Gasteiger partial charge in [0.2, 0.25) is 0 Å². The van der Waals surface area contributed by atoms with E-state index in [9.17, 15) is 31.9 Å². The molecule has 1 atom stereocenters. The summed E-state index contributed by atoms with van der Waals surface area (Å²) in [6, 6.07) is -1.89. The van der Waals surface area contributed by atoms with Gasteiger partial charge in [0.15, 0.2) is 0 Å². The molecular weight excluding hydrogens is 290 g/mol. The molecule has 0 aliphatic rings. The summed E-state index contributed by atoms with van der Waals surface area (Å²) >= 11 is 0. The van der Waals surface area contributed by atoms with Gasteiger partial charge >= 0.3 is 24.3 Å². The molecule has 0 heterocycles. The summed E-state index contributed by atoms with van der Waals surface area (Å²) in [6.07, 6.45) is -5.29. The average molecular weight is 303 g/mol. The highest BCUT2D eigenvalue weighted by atomic mass is 19.3. The number of carbonyl (C=O) groups is 3. The van der Waals surface area contributed by atoms with Crippen LogP contribution in [0.2, 0.25) is 0 Å². The van der Waals surface area contributed by atoms with Crippen molar-refractivity contribution in [2.75, 3.05) is 6.61 Å². The van der Waals surface area contributed by atoms with Gasteiger partial charge < -0.3 is 15.2 Å². The number of amides is 1. The molecule has 0 saturated carbocycles. The first-order valence-corrected chi connectivity index (χ1v) is 5.48. The van der Waals surface area contributed by atoms with Crippen molar-refractivity contribution in [3.05, 3.63) is 0 Å². The molecule has 0 aliphatic carbocycles. The minimum atomic E-state index is -5.00. The molecule has 2 N–H and O–H groups in total. The van der Waals surface area contributed by atoms with E-state index in [1.54, 1.807) is 0 Å². The second-order valence-corrected chi connectivity index (χ2v) is 3.63. The van der Waals surface area contributed by atoms with E-state index in [4.69, 9.17) is 5.11 Å². The van der Waals surface area contributed by atoms with Crippen molar-refractivity contribution in [2.24, 2.45) is 0 Å². The first-order valence-electron chi connectivity index (χ1n) is 5.48. The Hall–Kier alpha value is -1.87. The van der Waals surface area contributed by atoms with E-state index in [1.165, 1.54) is 12.2 Å². The number of esters is 1. The Morgan fingerprint density at radius 2 is 1.85 bits per heavy atom. The van der Waals surface area contributed by atoms with Crippen molar-refractivity contribution in [3.8, 4) is 0 Å². The number of rotatable bonds is 8. The van der Waals surface area contributed by atoms with E-state index in [-0.39, 0.29) is 6.61 Å². The van der Waals surface area contributed by atoms with Gasteiger partial charge in [-0.15, -0.1) is 0 Å². The highest BCUT2D eigenvalue weighted by molar-refractivity contribution is 5.88. The summed E-state index contributed by atoms with van der Waals surface area (Å²) in [4.78, 5) is 32.5. The average Bonchev–Trinajstić information content (AvgIpc) is 2.33. The zero-order chi connectivity index (χ0) is 15.9. The molecule has 0 aromatic carbocycles. The van der Waals surface area contributed by atoms with Gasteiger partial charge in [0, 0.05) is 6.42 Å². The molecule has 0 saturated heterocycles. The van der Waals surface area contributed by atoms with Crippen LogP contribution in [0.4, 0.5) is 17.6 Å². The molecule has 0 fully saturated rings. The molecule has 20 heavy (non-hydrogen) atoms. The lowest BCUT2D eigenvalue weighted by molar-refractivity contribution is -0.171. The molecule has 0 aliphatic heterocycles. The Labute approximate surface area is 111 Å². The molecule has 1 amide bonds. The third-order valence-electron chi connectivity index (χ3n) is 2.12. The lowest BCUT2D eigenvalue weighted by Gasteiger charge is -2.19. The van der Waals surface area contributed by atoms with Crippen LogP contribution < -0.4 is 5.32 Å². The molecular formula is C10H13F4NO5. The van der Waals surface area contributed by atoms with Crippen molar-refractivity contribution in [1.29, 1.82) is 0 Å². The van der Waals surface area contributed by atoms with Crippen LogP contribution in [0.1, 0.15) is 19.8 Å². The molecule has 6 nitrogen and oxygen atoms in total. The SMILES string of the molecule is CCOC(=O)CC[C@H](NC(=O)C(F)(F)C(F)F)C(=O)O. The second-order valence-electron chi connectivity index (χ2n) is 3.63. The molecule has 0 aromatic rings. The van der Waals surface area contributed by atoms with Gasteiger partial charge in [-0.1, -0.05) is 0 Å². The number of halogens is 4. The Kier molecular flexibility index (Phi) is 6.94. The third kappa shape index (κ3) is 5.41. The van der Waals surface area contributed by atoms with Crippen LogP contribution in [0.3, 0.4) is 0 Å². The number of carboxylic acids is 1. The van der Waals surface area contributed by atoms with Gasteiger partial charge in [0.1, 0.15) is 6.04 Å². The van der Waals surface area contributed by atoms with Crippen molar-refractivity contribution < 1.29 is 41.8 Å². The minimum Gasteiger partial charge on any atom is -0.480 e. The third-order valence-corrected chi connectivity index (χ3v) is 2.12. The molecule has 116 valence electrons. The maximum Gasteiger partial charge on any atom is 0.383 e. The Morgan fingerprint density at radius 3 is 2.25 bits per heavy atom. The molecule has 0 rings (SSSR count). The van der Waals surface area contributed by atoms with Crippen LogP contribution in [-0.4, -0.2) is 47.9 Å². The number of carbonyl (C=O) groups excluding carboxylic acids is 2. The fourth-order valence-electron chi connectivity index (χ4n) is 1.11. The standard InChI is InChI=1S/C10H13F4NO5/c1-2-20-6(16)4-3-5(7(17)18)15-9(19)10(13,14)8(11)12/h5,8H,2-4H2,1H3,(H,15,19)(H,17,18)/t5-/m0/s1. The summed E-state index contributed by atoms with van der Waals surface area (Å²) in [7, 11) is 0. The van der Waals surface area contributed by atoms with Crippen LogP contribution in [0.15, 0.2) is 0 Å². The van der Waals surface area contributed by atoms with Crippen LogP contribution in [0, 0.1) is 0 Å². The van der Waals surface area contributed by atoms with Crippen molar-refractivity contribution >= 4 is 17.8 Å². The Morgan fingerprint density at radius 1 is 1.30 bits per heavy atom. The van der Waals surface area contributed by atoms with E-state index in [0.29, 0.717) is 0 Å². The zero-order valence-electron chi connectivity index (χ0n) is 10.4. The summed E-state index contributed by atoms with van der Waals surface area (Å²) in [5, 5.41) is 9.93. The molecule has 0 spiro atoms. The molecule has 0 bridgehead atoms. The first kappa shape index (κ1) is 18.1. The number of hydrogen-bond acceptors (Lipinski definition) is 4. The van der Waals surface area contributed by atoms with Gasteiger partial charge in [-0.05, 0) is 13.3 Å². The van der Waals surface area contributed by atoms with E-state index < -0.39 is 49.1 Å². The highest BCUT2D eigenvalue weighted by Crippen LogP contribution is 2.23. The maximum absolute atomic E-state index is 12.6. The summed E-state index contributed by atoms with van der Waals surface area (Å²) in [6.45, 7) is 1.53. The predicted octanol–water partition coefficient (Wildman–Crippen LogP) is 0.799. The van der Waals surface area contributed by atoms with E-state index in [0.717, 1.165) is 0 Å². The lowest BCUT2D eigenvalue weighted by atomic mass is 10.1. The smallest absolute Gasteiger partial charge is 0.383 e. The zero-order valence-corrected chi connectivity index (χ0v) is 10.4. The summed E-state index contributed by atoms with van der Waals surface area (Å²) < 4.78 is 53.5. The van der Waals surface area contributed by atoms with Crippen LogP contribution in [0.5, 0.6) is 0 Å². The quantitative estimate of drug-likeness (QED) is 0.511. The van der Waals surface area contributed by atoms with Gasteiger partial charge in [0.25, 0.3) is 5.91 Å². The van der Waals surface area contributed by atoms with E-state index in [1.807, 2.05) is 0 Å². The number of aliphatic carboxylic acids is 1. The highest BCUT2D eigenvalue weighted by Gasteiger charge is 2.49. The van der Waals surface area contributed by atoms with Crippen LogP contribution >= 0.6 is 0 Å². The number of alkyl halides is 4. The van der Waals surface area contributed by atoms with Crippen molar-refractivity contribution in [3.63, 3.8) is 0 Å². The number of nitrogens with one attached hydrogen (secondary N) is 1. The summed E-state index contributed by atoms with van der Waals surface area (Å²) in [5.41, 5.74) is 0. The topological polar surface area (TPSA) is 92.7 Å². The minimum absolute atomic E-state index is 0.0341. The molecule has 10 heteroatoms. The monoisotopic (exact) mass is 303 g/mol. The molecule has 0 radical (unpaired) electrons. The van der Waals surface area contributed by atoms with E-state index >= 15 is 0 Å². The second kappa shape index (κ2) is 7.65. The number of hydrogen-bond donors (Lipinski definition) is 2. The lowest BCUT2D eigenvalue weighted by Crippen LogP contribution is -2.51. The normalized spacial score (nSPS) is 12.9. The van der Waals surface area contributed by atoms with E-state index in [2.05, 4.69) is 4.74 Å². The number of carboxylic acid groups (broad SMARTS) is 1. The fraction of sp³-hybridized carbons (Fsp3) is 0.700. The summed E-state index contributed by atoms with van der Waals surface area (Å²) in [5.74, 6) is -9.94. The first-order chi connectivity index (χ1) is 9.12. The van der Waals surface area contributed by atoms with Gasteiger partial charge in [-0.2, -0.15) is 8.78 Å². The fourth-order valence-corrected chi connectivity index (χ4v) is 1.11. The Balaban J connectivity index is 4.60. The van der Waals surface area contributed by atoms with Crippen LogP contribution in [-0.2, 0) is 19.1 Å². The van der Waals surface area contributed by atoms with Gasteiger partial charge in [-0.25, -0.2) is 13.6 Å². The largest absolute Gasteiger partial charge is 0.480 e. The predicted molar refractivity (Wildman–Crippen MR) is 56.4 cm³/mol. The van der Waals surface area contributed by atoms with Gasteiger partial charge in [-0.3, -0.25) is 9.59 Å². The molecule has 0 aromatic heterocycles. The number of ether oxygens (including phenoxy) is 1. The van der Waals surface area contributed by atoms with Gasteiger partial charge in [0.05, 0.1) is 6.61 Å². The Bertz CT molecular complexity index is 375. The molecule has 0 unspecified atom stereocenters. The van der Waals surface area contributed by atoms with Crippen molar-refractivity contribution in [1.82, 2.24) is 5.32 Å². The van der Waals surface area contributed by atoms with Crippen molar-refractivity contribution in [2.45, 2.75) is 38.2 Å².